The molecule has 13 heteroatoms. The summed E-state index contributed by atoms with van der Waals surface area (Å²) >= 11 is 0. The highest BCUT2D eigenvalue weighted by Crippen LogP contribution is 2.19. The van der Waals surface area contributed by atoms with Crippen LogP contribution < -0.4 is 5.32 Å². The molecule has 0 aromatic heterocycles. The van der Waals surface area contributed by atoms with Crippen LogP contribution >= 0.6 is 0 Å². The summed E-state index contributed by atoms with van der Waals surface area (Å²) in [7, 11) is -1.39. The number of hydrogen-bond donors (Lipinski definition) is 2. The lowest BCUT2D eigenvalue weighted by Gasteiger charge is -2.26. The van der Waals surface area contributed by atoms with E-state index >= 15 is 0 Å². The minimum absolute atomic E-state index is 0.262. The molecule has 1 aliphatic rings. The molecule has 1 aromatic rings. The first-order valence-corrected chi connectivity index (χ1v) is 11.0. The first-order valence-electron chi connectivity index (χ1n) is 9.63. The van der Waals surface area contributed by atoms with Crippen LogP contribution in [0.3, 0.4) is 0 Å². The van der Waals surface area contributed by atoms with Gasteiger partial charge >= 0.3 is 16.5 Å². The van der Waals surface area contributed by atoms with E-state index in [4.69, 9.17) is 9.29 Å². The normalized spacial score (nSPS) is 16.2. The summed E-state index contributed by atoms with van der Waals surface area (Å²) in [5.41, 5.74) is 0.0919. The van der Waals surface area contributed by atoms with Crippen LogP contribution in [0.5, 0.6) is 0 Å². The topological polar surface area (TPSA) is 133 Å². The van der Waals surface area contributed by atoms with Crippen molar-refractivity contribution < 1.29 is 31.1 Å². The van der Waals surface area contributed by atoms with Gasteiger partial charge in [0.05, 0.1) is 12.8 Å². The first-order chi connectivity index (χ1) is 14.8. The number of ether oxygens (including phenoxy) is 1. The van der Waals surface area contributed by atoms with Gasteiger partial charge in [-0.2, -0.15) is 13.5 Å². The van der Waals surface area contributed by atoms with Gasteiger partial charge in [-0.3, -0.25) is 8.74 Å². The second-order valence-corrected chi connectivity index (χ2v) is 8.81. The Morgan fingerprint density at radius 3 is 2.38 bits per heavy atom. The molecule has 2 rings (SSSR count). The predicted molar refractivity (Wildman–Crippen MR) is 116 cm³/mol. The Kier molecular flexibility index (Phi) is 10.5. The van der Waals surface area contributed by atoms with Crippen LogP contribution in [-0.2, 0) is 19.3 Å². The van der Waals surface area contributed by atoms with Crippen LogP contribution in [0.2, 0.25) is 0 Å². The Bertz CT molecular complexity index is 886. The molecule has 1 aliphatic heterocycles. The molecular formula is C19H30FN5O6S. The van der Waals surface area contributed by atoms with Gasteiger partial charge in [0.1, 0.15) is 11.4 Å². The van der Waals surface area contributed by atoms with Crippen molar-refractivity contribution >= 4 is 22.2 Å². The highest BCUT2D eigenvalue weighted by molar-refractivity contribution is 7.80. The van der Waals surface area contributed by atoms with Gasteiger partial charge in [0, 0.05) is 32.5 Å². The van der Waals surface area contributed by atoms with Gasteiger partial charge in [-0.15, -0.1) is 5.11 Å². The van der Waals surface area contributed by atoms with Crippen molar-refractivity contribution in [3.8, 4) is 0 Å². The molecule has 1 aromatic carbocycles. The number of benzene rings is 1. The van der Waals surface area contributed by atoms with Gasteiger partial charge in [0.2, 0.25) is 6.29 Å². The summed E-state index contributed by atoms with van der Waals surface area (Å²) in [6.45, 7) is 6.69. The minimum Gasteiger partial charge on any atom is -0.444 e. The van der Waals surface area contributed by atoms with Crippen molar-refractivity contribution in [2.75, 3.05) is 27.2 Å². The number of alkyl carbamates (subject to hydrolysis) is 1. The second-order valence-electron chi connectivity index (χ2n) is 7.62. The molecule has 0 saturated heterocycles. The van der Waals surface area contributed by atoms with Gasteiger partial charge in [-0.1, -0.05) is 0 Å². The molecule has 0 radical (unpaired) electrons. The fraction of sp³-hybridized carbons (Fsp3) is 0.526. The number of nitrogens with one attached hydrogen (secondary N) is 1. The van der Waals surface area contributed by atoms with Crippen molar-refractivity contribution in [3.05, 3.63) is 42.5 Å². The summed E-state index contributed by atoms with van der Waals surface area (Å²) in [5, 5.41) is 11.2. The largest absolute Gasteiger partial charge is 0.444 e. The maximum absolute atomic E-state index is 12.9. The fourth-order valence-corrected chi connectivity index (χ4v) is 2.31. The van der Waals surface area contributed by atoms with Gasteiger partial charge < -0.3 is 19.9 Å². The van der Waals surface area contributed by atoms with Gasteiger partial charge in [0.25, 0.3) is 0 Å². The molecule has 0 fully saturated rings. The minimum atomic E-state index is -4.16. The van der Waals surface area contributed by atoms with Crippen LogP contribution in [0.1, 0.15) is 27.2 Å². The summed E-state index contributed by atoms with van der Waals surface area (Å²) in [4.78, 5) is 15.6. The number of hydrogen-bond acceptors (Lipinski definition) is 9. The van der Waals surface area contributed by atoms with Crippen LogP contribution in [0, 0.1) is 5.82 Å². The maximum Gasteiger partial charge on any atom is 0.407 e. The molecular weight excluding hydrogens is 445 g/mol. The predicted octanol–water partition coefficient (Wildman–Crippen LogP) is 3.26. The van der Waals surface area contributed by atoms with Crippen molar-refractivity contribution in [1.29, 1.82) is 0 Å². The zero-order valence-corrected chi connectivity index (χ0v) is 19.5. The summed E-state index contributed by atoms with van der Waals surface area (Å²) in [6, 6.07) is 5.86. The smallest absolute Gasteiger partial charge is 0.407 e. The van der Waals surface area contributed by atoms with E-state index in [9.17, 15) is 17.6 Å². The number of nitrogens with zero attached hydrogens (tertiary/aromatic N) is 4. The van der Waals surface area contributed by atoms with E-state index in [0.717, 1.165) is 13.5 Å². The first kappa shape index (κ1) is 27.3. The van der Waals surface area contributed by atoms with Gasteiger partial charge in [-0.05, 0) is 51.5 Å². The average molecular weight is 476 g/mol. The monoisotopic (exact) mass is 475 g/mol. The third-order valence-corrected chi connectivity index (χ3v) is 4.15. The maximum atomic E-state index is 12.9. The van der Waals surface area contributed by atoms with Crippen LogP contribution in [0.4, 0.5) is 14.9 Å². The Morgan fingerprint density at radius 1 is 1.25 bits per heavy atom. The second kappa shape index (κ2) is 12.3. The van der Waals surface area contributed by atoms with Gasteiger partial charge in [0.15, 0.2) is 0 Å². The molecule has 1 heterocycles. The van der Waals surface area contributed by atoms with Crippen LogP contribution in [-0.4, -0.2) is 68.0 Å². The number of carbonyl (C=O) groups excluding carboxylic acids is 1. The molecule has 1 amide bonds. The number of rotatable bonds is 7. The van der Waals surface area contributed by atoms with E-state index < -0.39 is 22.1 Å². The van der Waals surface area contributed by atoms with Gasteiger partial charge in [-0.25, -0.2) is 9.18 Å². The zero-order valence-electron chi connectivity index (χ0n) is 18.7. The summed E-state index contributed by atoms with van der Waals surface area (Å²) < 4.78 is 47.8. The van der Waals surface area contributed by atoms with E-state index in [1.54, 1.807) is 12.1 Å². The molecule has 32 heavy (non-hydrogen) atoms. The Morgan fingerprint density at radius 2 is 1.84 bits per heavy atom. The molecule has 1 unspecified atom stereocenters. The van der Waals surface area contributed by atoms with Crippen molar-refractivity contribution in [2.24, 2.45) is 10.2 Å². The fourth-order valence-electron chi connectivity index (χ4n) is 2.31. The van der Waals surface area contributed by atoms with E-state index in [2.05, 4.69) is 19.7 Å². The lowest BCUT2D eigenvalue weighted by atomic mass is 10.2. The molecule has 1 atom stereocenters. The quantitative estimate of drug-likeness (QED) is 0.349. The molecule has 180 valence electrons. The standard InChI is InChI=1S/C18H26FN5O2.CH4O4S/c1-18(2,3)26-17(25)20-10-5-11-24-13-12-23(4)16(24)22-21-15-8-6-14(19)7-9-15;1-5-6(2,3)4/h6-9,12-13,16H,5,10-11H2,1-4H3,(H,20,25);1H3,(H,2,3,4). The molecule has 0 bridgehead atoms. The number of amides is 1. The van der Waals surface area contributed by atoms with E-state index in [1.165, 1.54) is 12.1 Å². The lowest BCUT2D eigenvalue weighted by molar-refractivity contribution is 0.0525. The average Bonchev–Trinajstić information content (AvgIpc) is 3.03. The Labute approximate surface area is 187 Å². The van der Waals surface area contributed by atoms with Crippen LogP contribution in [0.15, 0.2) is 46.9 Å². The number of carbonyl (C=O) groups is 1. The van der Waals surface area contributed by atoms with Crippen LogP contribution in [0.25, 0.3) is 0 Å². The van der Waals surface area contributed by atoms with E-state index in [1.807, 2.05) is 50.0 Å². The highest BCUT2D eigenvalue weighted by atomic mass is 32.3. The third-order valence-electron chi connectivity index (χ3n) is 3.73. The molecule has 11 nitrogen and oxygen atoms in total. The molecule has 0 saturated carbocycles. The molecule has 2 N–H and O–H groups in total. The molecule has 0 aliphatic carbocycles. The lowest BCUT2D eigenvalue weighted by Crippen LogP contribution is -2.37. The summed E-state index contributed by atoms with van der Waals surface area (Å²) in [6.07, 6.45) is 3.90. The highest BCUT2D eigenvalue weighted by Gasteiger charge is 2.23. The van der Waals surface area contributed by atoms with E-state index in [0.29, 0.717) is 18.8 Å². The number of azo groups is 1. The number of halogens is 1. The third kappa shape index (κ3) is 11.6. The Hall–Kier alpha value is -2.77. The zero-order chi connectivity index (χ0) is 24.4. The van der Waals surface area contributed by atoms with Crippen molar-refractivity contribution in [2.45, 2.75) is 39.1 Å². The van der Waals surface area contributed by atoms with Crippen molar-refractivity contribution in [3.63, 3.8) is 0 Å². The Balaban J connectivity index is 0.000000751. The van der Waals surface area contributed by atoms with E-state index in [-0.39, 0.29) is 12.1 Å². The summed E-state index contributed by atoms with van der Waals surface area (Å²) in [5.74, 6) is -0.303. The van der Waals surface area contributed by atoms with Crippen molar-refractivity contribution in [1.82, 2.24) is 15.1 Å². The molecule has 0 spiro atoms. The SMILES string of the molecule is CN1C=CN(CCCNC(=O)OC(C)(C)C)C1N=Nc1ccc(F)cc1.COS(=O)(=O)O.